The number of ether oxygens (including phenoxy) is 1. The number of hydrogen-bond acceptors (Lipinski definition) is 4. The summed E-state index contributed by atoms with van der Waals surface area (Å²) in [7, 11) is 0. The molecule has 0 aliphatic rings. The fourth-order valence-electron chi connectivity index (χ4n) is 4.52. The number of carbonyl (C=O) groups is 1. The Hall–Kier alpha value is -4.24. The molecular weight excluding hydrogens is 567 g/mol. The molecule has 3 aromatic carbocycles. The highest BCUT2D eigenvalue weighted by Crippen LogP contribution is 2.34. The number of aromatic nitrogens is 2. The fourth-order valence-corrected chi connectivity index (χ4v) is 4.75. The van der Waals surface area contributed by atoms with Crippen molar-refractivity contribution < 1.29 is 27.8 Å². The second kappa shape index (κ2) is 12.3. The van der Waals surface area contributed by atoms with Gasteiger partial charge in [0.2, 0.25) is 0 Å². The Kier molecular flexibility index (Phi) is 9.01. The topological polar surface area (TPSA) is 76.4 Å². The van der Waals surface area contributed by atoms with Crippen LogP contribution in [0.1, 0.15) is 54.8 Å². The lowest BCUT2D eigenvalue weighted by molar-refractivity contribution is -0.152. The first-order valence-electron chi connectivity index (χ1n) is 13.2. The monoisotopic (exact) mass is 597 g/mol. The van der Waals surface area contributed by atoms with Gasteiger partial charge in [0.1, 0.15) is 5.75 Å². The summed E-state index contributed by atoms with van der Waals surface area (Å²) < 4.78 is 48.2. The summed E-state index contributed by atoms with van der Waals surface area (Å²) >= 11 is 6.50. The lowest BCUT2D eigenvalue weighted by Gasteiger charge is -2.25. The molecule has 0 aliphatic heterocycles. The van der Waals surface area contributed by atoms with Crippen molar-refractivity contribution in [3.63, 3.8) is 0 Å². The van der Waals surface area contributed by atoms with Crippen molar-refractivity contribution in [1.82, 2.24) is 15.1 Å². The molecule has 2 N–H and O–H groups in total. The van der Waals surface area contributed by atoms with Crippen molar-refractivity contribution in [2.45, 2.75) is 51.4 Å². The molecule has 4 aromatic rings. The van der Waals surface area contributed by atoms with E-state index >= 15 is 0 Å². The Morgan fingerprint density at radius 2 is 1.81 bits per heavy atom. The number of nitrogens with one attached hydrogen (secondary N) is 1. The Morgan fingerprint density at radius 1 is 1.10 bits per heavy atom. The second-order valence-electron chi connectivity index (χ2n) is 10.5. The van der Waals surface area contributed by atoms with Gasteiger partial charge in [0, 0.05) is 24.0 Å². The molecule has 0 saturated carbocycles. The molecule has 10 heteroatoms. The van der Waals surface area contributed by atoms with Crippen molar-refractivity contribution in [3.05, 3.63) is 124 Å². The molecule has 0 saturated heterocycles. The molecule has 1 aromatic heterocycles. The van der Waals surface area contributed by atoms with Gasteiger partial charge in [-0.15, -0.1) is 0 Å². The first-order valence-corrected chi connectivity index (χ1v) is 13.5. The number of rotatable bonds is 11. The minimum Gasteiger partial charge on any atom is -0.478 e. The summed E-state index contributed by atoms with van der Waals surface area (Å²) in [6.45, 7) is 8.64. The number of hydrogen-bond donors (Lipinski definition) is 2. The van der Waals surface area contributed by atoms with Crippen LogP contribution in [-0.4, -0.2) is 26.5 Å². The Balaban J connectivity index is 1.70. The van der Waals surface area contributed by atoms with Crippen molar-refractivity contribution in [1.29, 1.82) is 0 Å². The lowest BCUT2D eigenvalue weighted by atomic mass is 9.99. The molecule has 0 bridgehead atoms. The third-order valence-corrected chi connectivity index (χ3v) is 6.96. The van der Waals surface area contributed by atoms with Crippen LogP contribution in [0.4, 0.5) is 13.2 Å². The highest BCUT2D eigenvalue weighted by Gasteiger charge is 2.32. The summed E-state index contributed by atoms with van der Waals surface area (Å²) in [4.78, 5) is 11.5. The van der Waals surface area contributed by atoms with Crippen molar-refractivity contribution in [3.8, 4) is 11.4 Å². The summed E-state index contributed by atoms with van der Waals surface area (Å²) in [5.74, 6) is -0.908. The van der Waals surface area contributed by atoms with E-state index in [-0.39, 0.29) is 23.2 Å². The minimum absolute atomic E-state index is 0.224. The number of benzene rings is 3. The zero-order chi connectivity index (χ0) is 30.7. The lowest BCUT2D eigenvalue weighted by Crippen LogP contribution is -2.38. The van der Waals surface area contributed by atoms with Gasteiger partial charge < -0.3 is 15.2 Å². The molecule has 6 nitrogen and oxygen atoms in total. The Bertz CT molecular complexity index is 1580. The van der Waals surface area contributed by atoms with Gasteiger partial charge in [-0.3, -0.25) is 0 Å². The van der Waals surface area contributed by atoms with Gasteiger partial charge in [0.15, 0.2) is 5.60 Å². The summed E-state index contributed by atoms with van der Waals surface area (Å²) in [6.07, 6.45) is -2.20. The van der Waals surface area contributed by atoms with Gasteiger partial charge in [-0.1, -0.05) is 54.6 Å². The van der Waals surface area contributed by atoms with Crippen molar-refractivity contribution in [2.24, 2.45) is 0 Å². The summed E-state index contributed by atoms with van der Waals surface area (Å²) in [5, 5.41) is 17.4. The normalized spacial score (nSPS) is 12.5. The number of carboxylic acid groups (broad SMARTS) is 1. The molecule has 0 spiro atoms. The van der Waals surface area contributed by atoms with Crippen LogP contribution in [0.2, 0.25) is 5.02 Å². The van der Waals surface area contributed by atoms with Crippen LogP contribution in [-0.2, 0) is 23.8 Å². The predicted molar refractivity (Wildman–Crippen MR) is 156 cm³/mol. The van der Waals surface area contributed by atoms with E-state index < -0.39 is 23.3 Å². The molecule has 0 amide bonds. The Labute approximate surface area is 247 Å². The van der Waals surface area contributed by atoms with Crippen LogP contribution < -0.4 is 10.1 Å². The standard InChI is InChI=1S/C32H31ClF3N3O3/c1-20(2)38-27(22-10-13-29(26(33)18-22)42-31(3,4)30(40)41)19-25-14-15-37-39(25)28-12-11-24(32(34,35)36)17-23(28)16-21-8-6-5-7-9-21/h5-15,17-18,27,38H,1,16,19H2,2-4H3,(H,40,41). The van der Waals surface area contributed by atoms with Gasteiger partial charge >= 0.3 is 12.1 Å². The van der Waals surface area contributed by atoms with E-state index in [1.54, 1.807) is 29.1 Å². The first-order chi connectivity index (χ1) is 19.7. The van der Waals surface area contributed by atoms with E-state index in [0.717, 1.165) is 22.9 Å². The van der Waals surface area contributed by atoms with Gasteiger partial charge in [0.05, 0.1) is 22.3 Å². The summed E-state index contributed by atoms with van der Waals surface area (Å²) in [6, 6.07) is 19.5. The average molecular weight is 598 g/mol. The zero-order valence-corrected chi connectivity index (χ0v) is 24.1. The third kappa shape index (κ3) is 7.33. The number of alkyl halides is 3. The fraction of sp³-hybridized carbons (Fsp3) is 0.250. The SMILES string of the molecule is C=C(C)NC(Cc1ccnn1-c1ccc(C(F)(F)F)cc1Cc1ccccc1)c1ccc(OC(C)(C)C(=O)O)c(Cl)c1. The summed E-state index contributed by atoms with van der Waals surface area (Å²) in [5.41, 5.74) is 1.89. The van der Waals surface area contributed by atoms with E-state index in [2.05, 4.69) is 17.0 Å². The first kappa shape index (κ1) is 30.7. The van der Waals surface area contributed by atoms with Crippen LogP contribution in [0, 0.1) is 0 Å². The smallest absolute Gasteiger partial charge is 0.416 e. The maximum absolute atomic E-state index is 13.6. The van der Waals surface area contributed by atoms with Gasteiger partial charge in [-0.2, -0.15) is 18.3 Å². The number of nitrogens with zero attached hydrogens (tertiary/aromatic N) is 2. The molecule has 1 heterocycles. The molecule has 42 heavy (non-hydrogen) atoms. The number of halogens is 4. The van der Waals surface area contributed by atoms with E-state index in [9.17, 15) is 23.1 Å². The van der Waals surface area contributed by atoms with Crippen LogP contribution in [0.25, 0.3) is 5.69 Å². The van der Waals surface area contributed by atoms with Crippen LogP contribution >= 0.6 is 11.6 Å². The molecule has 0 aliphatic carbocycles. The van der Waals surface area contributed by atoms with Crippen molar-refractivity contribution >= 4 is 17.6 Å². The van der Waals surface area contributed by atoms with E-state index in [0.29, 0.717) is 23.4 Å². The number of aliphatic carboxylic acids is 1. The van der Waals surface area contributed by atoms with E-state index in [4.69, 9.17) is 16.3 Å². The molecule has 1 unspecified atom stereocenters. The molecule has 0 fully saturated rings. The molecule has 1 atom stereocenters. The van der Waals surface area contributed by atoms with Crippen LogP contribution in [0.5, 0.6) is 5.75 Å². The van der Waals surface area contributed by atoms with Gasteiger partial charge in [0.25, 0.3) is 0 Å². The van der Waals surface area contributed by atoms with Crippen molar-refractivity contribution in [2.75, 3.05) is 0 Å². The van der Waals surface area contributed by atoms with Gasteiger partial charge in [-0.05, 0) is 80.3 Å². The minimum atomic E-state index is -4.48. The maximum atomic E-state index is 13.6. The zero-order valence-electron chi connectivity index (χ0n) is 23.4. The average Bonchev–Trinajstić information content (AvgIpc) is 3.37. The highest BCUT2D eigenvalue weighted by molar-refractivity contribution is 6.32. The quantitative estimate of drug-likeness (QED) is 0.185. The third-order valence-electron chi connectivity index (χ3n) is 6.67. The highest BCUT2D eigenvalue weighted by atomic mass is 35.5. The molecule has 4 rings (SSSR count). The van der Waals surface area contributed by atoms with Crippen LogP contribution in [0.3, 0.4) is 0 Å². The van der Waals surface area contributed by atoms with Crippen LogP contribution in [0.15, 0.2) is 91.3 Å². The molecular formula is C32H31ClF3N3O3. The Morgan fingerprint density at radius 3 is 2.43 bits per heavy atom. The number of allylic oxidation sites excluding steroid dienone is 1. The maximum Gasteiger partial charge on any atom is 0.416 e. The van der Waals surface area contributed by atoms with E-state index in [1.807, 2.05) is 43.3 Å². The number of carboxylic acids is 1. The second-order valence-corrected chi connectivity index (χ2v) is 10.9. The van der Waals surface area contributed by atoms with E-state index in [1.165, 1.54) is 26.0 Å². The largest absolute Gasteiger partial charge is 0.478 e. The molecule has 220 valence electrons. The van der Waals surface area contributed by atoms with Gasteiger partial charge in [-0.25, -0.2) is 9.48 Å². The molecule has 0 radical (unpaired) electrons. The predicted octanol–water partition coefficient (Wildman–Crippen LogP) is 7.78.